The monoisotopic (exact) mass is 359 g/mol. The lowest BCUT2D eigenvalue weighted by atomic mass is 10.1. The number of amides is 2. The Bertz CT molecular complexity index is 460. The minimum Gasteiger partial charge on any atom is -0.460 e. The highest BCUT2D eigenvalue weighted by Crippen LogP contribution is 2.19. The van der Waals surface area contributed by atoms with Gasteiger partial charge < -0.3 is 19.3 Å². The van der Waals surface area contributed by atoms with E-state index in [0.717, 1.165) is 0 Å². The third-order valence-electron chi connectivity index (χ3n) is 2.51. The fourth-order valence-corrected chi connectivity index (χ4v) is 1.66. The lowest BCUT2D eigenvalue weighted by molar-refractivity contribution is -0.149. The highest BCUT2D eigenvalue weighted by Gasteiger charge is 2.40. The molecule has 0 saturated carbocycles. The van der Waals surface area contributed by atoms with Crippen molar-refractivity contribution in [3.05, 3.63) is 12.7 Å². The van der Waals surface area contributed by atoms with Crippen molar-refractivity contribution in [3.8, 4) is 0 Å². The highest BCUT2D eigenvalue weighted by atomic mass is 16.6. The minimum absolute atomic E-state index is 0.1000. The van der Waals surface area contributed by atoms with Gasteiger partial charge in [-0.1, -0.05) is 12.7 Å². The summed E-state index contributed by atoms with van der Waals surface area (Å²) in [6.45, 7) is 12.6. The molecule has 0 saturated heterocycles. The summed E-state index contributed by atoms with van der Waals surface area (Å²) in [5, 5.41) is 9.23. The van der Waals surface area contributed by atoms with Gasteiger partial charge in [-0.05, 0) is 41.5 Å². The summed E-state index contributed by atoms with van der Waals surface area (Å²) in [7, 11) is 0. The zero-order valence-corrected chi connectivity index (χ0v) is 15.8. The van der Waals surface area contributed by atoms with Gasteiger partial charge in [-0.2, -0.15) is 4.90 Å². The molecule has 144 valence electrons. The van der Waals surface area contributed by atoms with Crippen LogP contribution in [0.4, 0.5) is 9.59 Å². The molecule has 2 amide bonds. The molecule has 0 fully saturated rings. The van der Waals surface area contributed by atoms with Crippen LogP contribution in [0, 0.1) is 0 Å². The van der Waals surface area contributed by atoms with Gasteiger partial charge in [0.1, 0.15) is 23.9 Å². The number of rotatable bonds is 6. The standard InChI is InChI=1S/C17H29NO7/c1-8-11-23-13(20)12(9-10-19)18(14(21)24-16(2,3)4)15(22)25-17(5,6)7/h8,12,19H,1,9-11H2,2-7H3/t12-/m0/s1. The van der Waals surface area contributed by atoms with E-state index in [-0.39, 0.29) is 13.0 Å². The third-order valence-corrected chi connectivity index (χ3v) is 2.51. The smallest absolute Gasteiger partial charge is 0.420 e. The van der Waals surface area contributed by atoms with Gasteiger partial charge in [0.15, 0.2) is 0 Å². The van der Waals surface area contributed by atoms with Crippen LogP contribution in [0.1, 0.15) is 48.0 Å². The van der Waals surface area contributed by atoms with E-state index in [1.54, 1.807) is 41.5 Å². The van der Waals surface area contributed by atoms with E-state index in [9.17, 15) is 19.5 Å². The second-order valence-corrected chi connectivity index (χ2v) is 7.28. The number of nitrogens with zero attached hydrogens (tertiary/aromatic N) is 1. The van der Waals surface area contributed by atoms with E-state index in [2.05, 4.69) is 6.58 Å². The van der Waals surface area contributed by atoms with Gasteiger partial charge >= 0.3 is 18.2 Å². The van der Waals surface area contributed by atoms with Crippen LogP contribution < -0.4 is 0 Å². The second kappa shape index (κ2) is 9.41. The number of imide groups is 1. The summed E-state index contributed by atoms with van der Waals surface area (Å²) >= 11 is 0. The van der Waals surface area contributed by atoms with Crippen molar-refractivity contribution in [1.29, 1.82) is 0 Å². The second-order valence-electron chi connectivity index (χ2n) is 7.28. The predicted octanol–water partition coefficient (Wildman–Crippen LogP) is 2.64. The van der Waals surface area contributed by atoms with E-state index in [1.807, 2.05) is 0 Å². The van der Waals surface area contributed by atoms with Gasteiger partial charge in [0.05, 0.1) is 0 Å². The molecule has 8 nitrogen and oxygen atoms in total. The first-order valence-corrected chi connectivity index (χ1v) is 7.96. The molecule has 25 heavy (non-hydrogen) atoms. The predicted molar refractivity (Wildman–Crippen MR) is 91.0 cm³/mol. The van der Waals surface area contributed by atoms with Crippen LogP contribution in [-0.4, -0.2) is 58.6 Å². The van der Waals surface area contributed by atoms with E-state index in [4.69, 9.17) is 14.2 Å². The van der Waals surface area contributed by atoms with Crippen molar-refractivity contribution < 1.29 is 33.7 Å². The Balaban J connectivity index is 5.69. The molecule has 0 aromatic carbocycles. The van der Waals surface area contributed by atoms with Gasteiger partial charge in [-0.3, -0.25) is 0 Å². The molecule has 0 aliphatic rings. The summed E-state index contributed by atoms with van der Waals surface area (Å²) in [5.74, 6) is -0.870. The Morgan fingerprint density at radius 2 is 1.48 bits per heavy atom. The van der Waals surface area contributed by atoms with E-state index >= 15 is 0 Å². The fraction of sp³-hybridized carbons (Fsp3) is 0.706. The zero-order chi connectivity index (χ0) is 19.8. The summed E-state index contributed by atoms with van der Waals surface area (Å²) < 4.78 is 15.3. The lowest BCUT2D eigenvalue weighted by Crippen LogP contribution is -2.52. The molecular formula is C17H29NO7. The van der Waals surface area contributed by atoms with Gasteiger partial charge in [0.2, 0.25) is 0 Å². The summed E-state index contributed by atoms with van der Waals surface area (Å²) in [6, 6.07) is -1.38. The number of aliphatic hydroxyl groups excluding tert-OH is 1. The quantitative estimate of drug-likeness (QED) is 0.442. The van der Waals surface area contributed by atoms with Crippen LogP contribution in [0.2, 0.25) is 0 Å². The normalized spacial score (nSPS) is 12.8. The maximum atomic E-state index is 12.5. The molecular weight excluding hydrogens is 330 g/mol. The van der Waals surface area contributed by atoms with E-state index in [0.29, 0.717) is 4.90 Å². The first kappa shape index (κ1) is 22.9. The molecule has 0 radical (unpaired) electrons. The van der Waals surface area contributed by atoms with Crippen LogP contribution >= 0.6 is 0 Å². The van der Waals surface area contributed by atoms with Gasteiger partial charge in [-0.25, -0.2) is 14.4 Å². The Morgan fingerprint density at radius 1 is 1.04 bits per heavy atom. The molecule has 0 aliphatic carbocycles. The van der Waals surface area contributed by atoms with Crippen molar-refractivity contribution >= 4 is 18.2 Å². The molecule has 8 heteroatoms. The Morgan fingerprint density at radius 3 is 1.80 bits per heavy atom. The number of aliphatic hydroxyl groups is 1. The molecule has 0 heterocycles. The molecule has 0 bridgehead atoms. The van der Waals surface area contributed by atoms with Gasteiger partial charge in [0, 0.05) is 13.0 Å². The number of esters is 1. The first-order valence-electron chi connectivity index (χ1n) is 7.96. The van der Waals surface area contributed by atoms with Gasteiger partial charge in [0.25, 0.3) is 0 Å². The van der Waals surface area contributed by atoms with Crippen LogP contribution in [0.5, 0.6) is 0 Å². The van der Waals surface area contributed by atoms with E-state index in [1.165, 1.54) is 6.08 Å². The van der Waals surface area contributed by atoms with Crippen LogP contribution in [0.3, 0.4) is 0 Å². The molecule has 0 unspecified atom stereocenters. The lowest BCUT2D eigenvalue weighted by Gasteiger charge is -2.32. The van der Waals surface area contributed by atoms with Crippen molar-refractivity contribution in [3.63, 3.8) is 0 Å². The van der Waals surface area contributed by atoms with Crippen LogP contribution in [0.25, 0.3) is 0 Å². The summed E-state index contributed by atoms with van der Waals surface area (Å²) in [4.78, 5) is 37.7. The molecule has 0 aromatic rings. The summed E-state index contributed by atoms with van der Waals surface area (Å²) in [6.07, 6.45) is -0.986. The van der Waals surface area contributed by atoms with Gasteiger partial charge in [-0.15, -0.1) is 0 Å². The molecule has 1 atom stereocenters. The zero-order valence-electron chi connectivity index (χ0n) is 15.8. The average Bonchev–Trinajstić information content (AvgIpc) is 2.40. The maximum absolute atomic E-state index is 12.5. The first-order chi connectivity index (χ1) is 11.3. The van der Waals surface area contributed by atoms with Crippen molar-refractivity contribution in [2.45, 2.75) is 65.2 Å². The third kappa shape index (κ3) is 9.09. The average molecular weight is 359 g/mol. The highest BCUT2D eigenvalue weighted by molar-refractivity contribution is 5.94. The molecule has 0 rings (SSSR count). The number of ether oxygens (including phenoxy) is 3. The van der Waals surface area contributed by atoms with E-state index < -0.39 is 42.0 Å². The Labute approximate surface area is 148 Å². The molecule has 0 aliphatic heterocycles. The Kier molecular flexibility index (Phi) is 8.62. The fourth-order valence-electron chi connectivity index (χ4n) is 1.66. The van der Waals surface area contributed by atoms with Crippen molar-refractivity contribution in [1.82, 2.24) is 4.90 Å². The summed E-state index contributed by atoms with van der Waals surface area (Å²) in [5.41, 5.74) is -1.79. The largest absolute Gasteiger partial charge is 0.460 e. The molecule has 0 spiro atoms. The number of carbonyl (C=O) groups is 3. The Hall–Kier alpha value is -2.09. The van der Waals surface area contributed by atoms with Crippen molar-refractivity contribution in [2.24, 2.45) is 0 Å². The molecule has 1 N–H and O–H groups in total. The van der Waals surface area contributed by atoms with Crippen molar-refractivity contribution in [2.75, 3.05) is 13.2 Å². The topological polar surface area (TPSA) is 102 Å². The molecule has 0 aromatic heterocycles. The number of hydrogen-bond donors (Lipinski definition) is 1. The van der Waals surface area contributed by atoms with Crippen LogP contribution in [-0.2, 0) is 19.0 Å². The number of carbonyl (C=O) groups excluding carboxylic acids is 3. The van der Waals surface area contributed by atoms with Crippen LogP contribution in [0.15, 0.2) is 12.7 Å². The minimum atomic E-state index is -1.38. The maximum Gasteiger partial charge on any atom is 0.420 e. The SMILES string of the molecule is C=CCOC(=O)[C@H](CCO)N(C(=O)OC(C)(C)C)C(=O)OC(C)(C)C. The number of hydrogen-bond acceptors (Lipinski definition) is 7.